The fourth-order valence-electron chi connectivity index (χ4n) is 3.26. The van der Waals surface area contributed by atoms with Crippen LogP contribution in [0.2, 0.25) is 0 Å². The smallest absolute Gasteiger partial charge is 0.141 e. The quantitative estimate of drug-likeness (QED) is 0.773. The number of para-hydroxylation sites is 2. The summed E-state index contributed by atoms with van der Waals surface area (Å²) < 4.78 is 2.43. The third-order valence-corrected chi connectivity index (χ3v) is 4.26. The Balaban J connectivity index is 0.00000144. The summed E-state index contributed by atoms with van der Waals surface area (Å²) in [5.41, 5.74) is 3.52. The molecule has 1 aliphatic heterocycles. The highest BCUT2D eigenvalue weighted by atomic mass is 35.5. The third-order valence-electron chi connectivity index (χ3n) is 4.26. The van der Waals surface area contributed by atoms with Crippen molar-refractivity contribution in [1.82, 2.24) is 14.9 Å². The van der Waals surface area contributed by atoms with E-state index in [0.29, 0.717) is 6.04 Å². The zero-order chi connectivity index (χ0) is 14.1. The Morgan fingerprint density at radius 2 is 1.77 bits per heavy atom. The second-order valence-electron chi connectivity index (χ2n) is 5.66. The molecule has 3 nitrogen and oxygen atoms in total. The van der Waals surface area contributed by atoms with Gasteiger partial charge in [-0.05, 0) is 31.5 Å². The number of nitrogens with zero attached hydrogens (tertiary/aromatic N) is 2. The molecule has 0 amide bonds. The number of halogens is 1. The maximum Gasteiger partial charge on any atom is 0.141 e. The van der Waals surface area contributed by atoms with Gasteiger partial charge in [0.1, 0.15) is 5.82 Å². The largest absolute Gasteiger partial charge is 0.320 e. The summed E-state index contributed by atoms with van der Waals surface area (Å²) in [6.07, 6.45) is 2.44. The minimum atomic E-state index is 0. The molecule has 1 unspecified atom stereocenters. The van der Waals surface area contributed by atoms with Crippen LogP contribution in [0.25, 0.3) is 22.4 Å². The molecule has 2 aromatic carbocycles. The maximum absolute atomic E-state index is 4.89. The molecular weight excluding hydrogens is 294 g/mol. The molecule has 1 saturated heterocycles. The van der Waals surface area contributed by atoms with Crippen molar-refractivity contribution in [1.29, 1.82) is 0 Å². The van der Waals surface area contributed by atoms with Crippen LogP contribution in [0.15, 0.2) is 54.6 Å². The molecule has 0 radical (unpaired) electrons. The van der Waals surface area contributed by atoms with Gasteiger partial charge in [0.15, 0.2) is 0 Å². The normalized spacial score (nSPS) is 18.1. The minimum Gasteiger partial charge on any atom is -0.320 e. The van der Waals surface area contributed by atoms with Crippen LogP contribution in [-0.4, -0.2) is 22.6 Å². The molecule has 1 aliphatic rings. The monoisotopic (exact) mass is 313 g/mol. The predicted molar refractivity (Wildman–Crippen MR) is 93.6 cm³/mol. The van der Waals surface area contributed by atoms with Gasteiger partial charge in [-0.2, -0.15) is 0 Å². The number of aromatic nitrogens is 2. The van der Waals surface area contributed by atoms with Gasteiger partial charge in [0.05, 0.1) is 11.0 Å². The Morgan fingerprint density at radius 1 is 1.00 bits per heavy atom. The van der Waals surface area contributed by atoms with E-state index < -0.39 is 0 Å². The molecule has 0 aliphatic carbocycles. The summed E-state index contributed by atoms with van der Waals surface area (Å²) in [7, 11) is 0. The van der Waals surface area contributed by atoms with Crippen LogP contribution in [0.3, 0.4) is 0 Å². The highest BCUT2D eigenvalue weighted by Gasteiger charge is 2.21. The van der Waals surface area contributed by atoms with Crippen molar-refractivity contribution in [3.05, 3.63) is 54.6 Å². The van der Waals surface area contributed by atoms with E-state index in [-0.39, 0.29) is 12.4 Å². The van der Waals surface area contributed by atoms with Gasteiger partial charge in [-0.3, -0.25) is 0 Å². The highest BCUT2D eigenvalue weighted by Crippen LogP contribution is 2.30. The summed E-state index contributed by atoms with van der Waals surface area (Å²) in [5, 5.41) is 3.52. The number of hydrogen-bond donors (Lipinski definition) is 1. The van der Waals surface area contributed by atoms with Crippen molar-refractivity contribution in [2.24, 2.45) is 0 Å². The fraction of sp³-hybridized carbons (Fsp3) is 0.278. The van der Waals surface area contributed by atoms with Crippen molar-refractivity contribution in [3.8, 4) is 11.4 Å². The molecule has 0 spiro atoms. The van der Waals surface area contributed by atoms with Crippen LogP contribution in [-0.2, 0) is 0 Å². The third kappa shape index (κ3) is 2.62. The Hall–Kier alpha value is -1.84. The van der Waals surface area contributed by atoms with E-state index in [2.05, 4.69) is 64.5 Å². The van der Waals surface area contributed by atoms with Gasteiger partial charge < -0.3 is 9.88 Å². The van der Waals surface area contributed by atoms with Crippen LogP contribution in [0, 0.1) is 0 Å². The van der Waals surface area contributed by atoms with Gasteiger partial charge in [0.25, 0.3) is 0 Å². The van der Waals surface area contributed by atoms with Gasteiger partial charge in [0.2, 0.25) is 0 Å². The van der Waals surface area contributed by atoms with Crippen molar-refractivity contribution in [3.63, 3.8) is 0 Å². The van der Waals surface area contributed by atoms with Crippen LogP contribution >= 0.6 is 12.4 Å². The number of nitrogens with one attached hydrogen (secondary N) is 1. The zero-order valence-electron chi connectivity index (χ0n) is 12.4. The number of rotatable bonds is 2. The van der Waals surface area contributed by atoms with Crippen molar-refractivity contribution >= 4 is 23.4 Å². The molecule has 1 fully saturated rings. The lowest BCUT2D eigenvalue weighted by Gasteiger charge is -2.26. The average molecular weight is 314 g/mol. The van der Waals surface area contributed by atoms with Crippen LogP contribution < -0.4 is 5.32 Å². The van der Waals surface area contributed by atoms with E-state index in [9.17, 15) is 0 Å². The first kappa shape index (κ1) is 15.1. The molecular formula is C18H20ClN3. The summed E-state index contributed by atoms with van der Waals surface area (Å²) in [5.74, 6) is 1.09. The van der Waals surface area contributed by atoms with E-state index in [1.54, 1.807) is 0 Å². The molecule has 3 aromatic rings. The predicted octanol–water partition coefficient (Wildman–Crippen LogP) is 4.05. The first-order valence-corrected chi connectivity index (χ1v) is 7.66. The maximum atomic E-state index is 4.89. The second kappa shape index (κ2) is 6.51. The average Bonchev–Trinajstić information content (AvgIpc) is 2.96. The molecule has 0 saturated carbocycles. The molecule has 4 rings (SSSR count). The summed E-state index contributed by atoms with van der Waals surface area (Å²) >= 11 is 0. The van der Waals surface area contributed by atoms with Gasteiger partial charge in [-0.25, -0.2) is 4.98 Å². The zero-order valence-corrected chi connectivity index (χ0v) is 13.2. The molecule has 1 atom stereocenters. The Bertz CT molecular complexity index is 745. The number of hydrogen-bond acceptors (Lipinski definition) is 2. The Kier molecular flexibility index (Phi) is 4.46. The number of benzene rings is 2. The summed E-state index contributed by atoms with van der Waals surface area (Å²) in [6.45, 7) is 2.16. The Labute approximate surface area is 136 Å². The second-order valence-corrected chi connectivity index (χ2v) is 5.66. The summed E-state index contributed by atoms with van der Waals surface area (Å²) in [4.78, 5) is 4.89. The topological polar surface area (TPSA) is 29.9 Å². The first-order chi connectivity index (χ1) is 10.4. The molecule has 0 bridgehead atoms. The van der Waals surface area contributed by atoms with Gasteiger partial charge in [0, 0.05) is 18.2 Å². The molecule has 1 aromatic heterocycles. The molecule has 2 heterocycles. The minimum absolute atomic E-state index is 0. The van der Waals surface area contributed by atoms with Crippen molar-refractivity contribution < 1.29 is 0 Å². The van der Waals surface area contributed by atoms with Gasteiger partial charge >= 0.3 is 0 Å². The Morgan fingerprint density at radius 3 is 2.55 bits per heavy atom. The van der Waals surface area contributed by atoms with E-state index in [1.807, 2.05) is 0 Å². The fourth-order valence-corrected chi connectivity index (χ4v) is 3.26. The van der Waals surface area contributed by atoms with E-state index in [0.717, 1.165) is 24.4 Å². The highest BCUT2D eigenvalue weighted by molar-refractivity contribution is 5.85. The SMILES string of the molecule is Cl.c1ccc(-c2nc3ccccc3n2C2CCCNC2)cc1. The van der Waals surface area contributed by atoms with E-state index >= 15 is 0 Å². The van der Waals surface area contributed by atoms with Crippen LogP contribution in [0.1, 0.15) is 18.9 Å². The molecule has 1 N–H and O–H groups in total. The lowest BCUT2D eigenvalue weighted by atomic mass is 10.1. The number of imidazole rings is 1. The van der Waals surface area contributed by atoms with Crippen LogP contribution in [0.5, 0.6) is 0 Å². The molecule has 22 heavy (non-hydrogen) atoms. The van der Waals surface area contributed by atoms with Gasteiger partial charge in [-0.15, -0.1) is 12.4 Å². The number of piperidine rings is 1. The van der Waals surface area contributed by atoms with Crippen molar-refractivity contribution in [2.75, 3.05) is 13.1 Å². The van der Waals surface area contributed by atoms with Gasteiger partial charge in [-0.1, -0.05) is 42.5 Å². The molecule has 4 heteroatoms. The summed E-state index contributed by atoms with van der Waals surface area (Å²) in [6, 6.07) is 19.5. The lowest BCUT2D eigenvalue weighted by molar-refractivity contribution is 0.380. The van der Waals surface area contributed by atoms with Crippen molar-refractivity contribution in [2.45, 2.75) is 18.9 Å². The standard InChI is InChI=1S/C18H19N3.ClH/c1-2-7-14(8-3-1)18-20-16-10-4-5-11-17(16)21(18)15-9-6-12-19-13-15;/h1-5,7-8,10-11,15,19H,6,9,12-13H2;1H. The first-order valence-electron chi connectivity index (χ1n) is 7.66. The van der Waals surface area contributed by atoms with Crippen LogP contribution in [0.4, 0.5) is 0 Å². The lowest BCUT2D eigenvalue weighted by Crippen LogP contribution is -2.31. The molecule has 114 valence electrons. The van der Waals surface area contributed by atoms with E-state index in [1.165, 1.54) is 23.9 Å². The van der Waals surface area contributed by atoms with E-state index in [4.69, 9.17) is 4.98 Å². The number of fused-ring (bicyclic) bond motifs is 1.